The van der Waals surface area contributed by atoms with Crippen molar-refractivity contribution in [1.29, 1.82) is 0 Å². The summed E-state index contributed by atoms with van der Waals surface area (Å²) in [7, 11) is 1.79. The van der Waals surface area contributed by atoms with Gasteiger partial charge >= 0.3 is 5.97 Å². The van der Waals surface area contributed by atoms with Gasteiger partial charge in [0.25, 0.3) is 0 Å². The maximum absolute atomic E-state index is 14.6. The molecule has 15 nitrogen and oxygen atoms in total. The van der Waals surface area contributed by atoms with Gasteiger partial charge in [0, 0.05) is 50.2 Å². The van der Waals surface area contributed by atoms with Gasteiger partial charge in [-0.3, -0.25) is 28.8 Å². The van der Waals surface area contributed by atoms with E-state index in [2.05, 4.69) is 16.0 Å². The molecular weight excluding hydrogens is 799 g/mol. The van der Waals surface area contributed by atoms with Crippen molar-refractivity contribution in [1.82, 2.24) is 35.6 Å². The first-order valence-corrected chi connectivity index (χ1v) is 19.9. The molecule has 7 atom stereocenters. The Morgan fingerprint density at radius 2 is 1.59 bits per heavy atom. The van der Waals surface area contributed by atoms with Crippen molar-refractivity contribution in [2.75, 3.05) is 46.4 Å². The number of rotatable bonds is 7. The molecule has 0 spiro atoms. The molecule has 4 saturated heterocycles. The average Bonchev–Trinajstić information content (AvgIpc) is 3.83. The fraction of sp³-hybridized carbons (Fsp3) is 0.525. The number of halogens is 4. The van der Waals surface area contributed by atoms with E-state index < -0.39 is 115 Å². The van der Waals surface area contributed by atoms with Crippen LogP contribution in [-0.2, 0) is 51.1 Å². The highest BCUT2D eigenvalue weighted by molar-refractivity contribution is 6.30. The number of nitrogens with one attached hydrogen (secondary N) is 3. The third-order valence-electron chi connectivity index (χ3n) is 11.2. The first-order chi connectivity index (χ1) is 28.0. The molecular formula is C40H47ClF3N7O8. The van der Waals surface area contributed by atoms with Crippen LogP contribution in [0.2, 0.25) is 5.02 Å². The predicted molar refractivity (Wildman–Crippen MR) is 205 cm³/mol. The van der Waals surface area contributed by atoms with E-state index in [1.807, 2.05) is 11.8 Å². The quantitative estimate of drug-likeness (QED) is 0.343. The fourth-order valence-electron chi connectivity index (χ4n) is 8.19. The third kappa shape index (κ3) is 10.1. The van der Waals surface area contributed by atoms with Crippen LogP contribution in [0.5, 0.6) is 0 Å². The van der Waals surface area contributed by atoms with E-state index in [4.69, 9.17) is 16.3 Å². The van der Waals surface area contributed by atoms with Crippen molar-refractivity contribution in [3.63, 3.8) is 0 Å². The van der Waals surface area contributed by atoms with Crippen LogP contribution in [0.15, 0.2) is 36.4 Å². The Kier molecular flexibility index (Phi) is 13.5. The summed E-state index contributed by atoms with van der Waals surface area (Å²) in [5.41, 5.74) is -0.0999. The Hall–Kier alpha value is -5.23. The van der Waals surface area contributed by atoms with Crippen molar-refractivity contribution in [3.05, 3.63) is 70.0 Å². The van der Waals surface area contributed by atoms with Gasteiger partial charge in [-0.2, -0.15) is 0 Å². The van der Waals surface area contributed by atoms with Gasteiger partial charge in [-0.1, -0.05) is 24.6 Å². The molecule has 4 fully saturated rings. The number of carbonyl (C=O) groups is 7. The number of benzene rings is 2. The number of ether oxygens (including phenoxy) is 1. The molecule has 19 heteroatoms. The van der Waals surface area contributed by atoms with Crippen LogP contribution in [0.1, 0.15) is 44.2 Å². The maximum Gasteiger partial charge on any atom is 0.328 e. The van der Waals surface area contributed by atoms with Gasteiger partial charge in [0.2, 0.25) is 35.4 Å². The molecule has 0 saturated carbocycles. The average molecular weight is 846 g/mol. The normalized spacial score (nSPS) is 26.4. The highest BCUT2D eigenvalue weighted by Gasteiger charge is 2.46. The minimum atomic E-state index is -1.65. The minimum absolute atomic E-state index is 0.0401. The van der Waals surface area contributed by atoms with E-state index in [0.717, 1.165) is 18.2 Å². The Bertz CT molecular complexity index is 1990. The predicted octanol–water partition coefficient (Wildman–Crippen LogP) is 0.944. The number of carbonyl (C=O) groups excluding carboxylic acids is 7. The molecule has 4 aliphatic heterocycles. The van der Waals surface area contributed by atoms with Crippen LogP contribution in [0.25, 0.3) is 0 Å². The van der Waals surface area contributed by atoms with Crippen LogP contribution >= 0.6 is 11.6 Å². The molecule has 59 heavy (non-hydrogen) atoms. The molecule has 0 aromatic heterocycles. The molecule has 0 bridgehead atoms. The highest BCUT2D eigenvalue weighted by atomic mass is 35.5. The molecule has 0 unspecified atom stereocenters. The van der Waals surface area contributed by atoms with Crippen LogP contribution in [0, 0.1) is 23.4 Å². The smallest absolute Gasteiger partial charge is 0.328 e. The van der Waals surface area contributed by atoms with E-state index in [-0.39, 0.29) is 61.1 Å². The SMILES string of the molecule is C[C@@H]1C[C@H]2C(=O)OC[C@H](NC(=O)[C@H](Cc3cc(F)cc(F)c3)NC(=O)Cc3ccc(Cl)cc3F)C(=O)N3CCC[C@H]3C(=O)N3CCN(C)C[C@H]3C(=O)N[C@@H](C)C(=O)N2C1. The summed E-state index contributed by atoms with van der Waals surface area (Å²) in [6.45, 7) is 3.57. The van der Waals surface area contributed by atoms with Crippen LogP contribution in [-0.4, -0.2) is 144 Å². The Morgan fingerprint density at radius 1 is 0.881 bits per heavy atom. The van der Waals surface area contributed by atoms with Crippen molar-refractivity contribution in [2.45, 2.75) is 82.2 Å². The second-order valence-corrected chi connectivity index (χ2v) is 16.2. The van der Waals surface area contributed by atoms with E-state index in [1.165, 1.54) is 33.8 Å². The number of nitrogens with zero attached hydrogens (tertiary/aromatic N) is 4. The lowest BCUT2D eigenvalue weighted by molar-refractivity contribution is -0.158. The van der Waals surface area contributed by atoms with Crippen LogP contribution < -0.4 is 16.0 Å². The number of likely N-dealkylation sites (N-methyl/N-ethyl adjacent to an activating group) is 1. The van der Waals surface area contributed by atoms with E-state index in [0.29, 0.717) is 19.0 Å². The lowest BCUT2D eigenvalue weighted by atomic mass is 10.0. The number of fused-ring (bicyclic) bond motifs is 3. The highest BCUT2D eigenvalue weighted by Crippen LogP contribution is 2.27. The molecule has 6 amide bonds. The molecule has 318 valence electrons. The van der Waals surface area contributed by atoms with Crippen molar-refractivity contribution < 1.29 is 51.5 Å². The molecule has 6 rings (SSSR count). The fourth-order valence-corrected chi connectivity index (χ4v) is 8.34. The number of cyclic esters (lactones) is 1. The van der Waals surface area contributed by atoms with Gasteiger partial charge in [-0.25, -0.2) is 18.0 Å². The Labute approximate surface area is 343 Å². The van der Waals surface area contributed by atoms with Crippen molar-refractivity contribution in [3.8, 4) is 0 Å². The topological polar surface area (TPSA) is 178 Å². The van der Waals surface area contributed by atoms with Gasteiger partial charge < -0.3 is 40.3 Å². The van der Waals surface area contributed by atoms with Gasteiger partial charge in [-0.05, 0) is 74.5 Å². The number of hydrogen-bond acceptors (Lipinski definition) is 9. The summed E-state index contributed by atoms with van der Waals surface area (Å²) in [6.07, 6.45) is -0.213. The molecule has 4 heterocycles. The second kappa shape index (κ2) is 18.4. The van der Waals surface area contributed by atoms with E-state index >= 15 is 0 Å². The summed E-state index contributed by atoms with van der Waals surface area (Å²) >= 11 is 5.85. The van der Waals surface area contributed by atoms with Crippen LogP contribution in [0.3, 0.4) is 0 Å². The summed E-state index contributed by atoms with van der Waals surface area (Å²) in [6, 6.07) is -1.28. The minimum Gasteiger partial charge on any atom is -0.461 e. The van der Waals surface area contributed by atoms with E-state index in [1.54, 1.807) is 7.05 Å². The zero-order valence-corrected chi connectivity index (χ0v) is 33.6. The first kappa shape index (κ1) is 43.4. The lowest BCUT2D eigenvalue weighted by Crippen LogP contribution is -2.65. The zero-order valence-electron chi connectivity index (χ0n) is 32.9. The Balaban J connectivity index is 1.32. The molecule has 0 radical (unpaired) electrons. The summed E-state index contributed by atoms with van der Waals surface area (Å²) < 4.78 is 48.9. The molecule has 2 aromatic carbocycles. The summed E-state index contributed by atoms with van der Waals surface area (Å²) in [5, 5.41) is 7.82. The number of hydrogen-bond donors (Lipinski definition) is 3. The van der Waals surface area contributed by atoms with Gasteiger partial charge in [0.05, 0.1) is 6.42 Å². The largest absolute Gasteiger partial charge is 0.461 e. The standard InChI is InChI=1S/C40H47ClF3N7O8/c1-21-11-32-40(58)59-20-30(47-35(53)29(14-23-12-26(42)17-27(43)13-23)46-34(52)15-24-6-7-25(41)16-28(24)44)38(56)49-8-4-5-31(49)39(57)50-10-9-48(3)19-33(50)36(54)45-22(2)37(55)51(32)18-21/h6-7,12-13,16-17,21-22,29-33H,4-5,8-11,14-15,18-20H2,1-3H3,(H,45,54)(H,46,52)(H,47,53)/t21-,22+,29+,30+,31+,32+,33+/m1/s1. The summed E-state index contributed by atoms with van der Waals surface area (Å²) in [4.78, 5) is 103. The third-order valence-corrected chi connectivity index (χ3v) is 11.4. The van der Waals surface area contributed by atoms with Gasteiger partial charge in [0.15, 0.2) is 0 Å². The Morgan fingerprint density at radius 3 is 2.31 bits per heavy atom. The monoisotopic (exact) mass is 845 g/mol. The zero-order chi connectivity index (χ0) is 42.7. The molecule has 0 aliphatic carbocycles. The molecule has 2 aromatic rings. The first-order valence-electron chi connectivity index (χ1n) is 19.5. The number of amides is 6. The molecule has 4 aliphatic rings. The second-order valence-electron chi connectivity index (χ2n) is 15.8. The van der Waals surface area contributed by atoms with Crippen LogP contribution in [0.4, 0.5) is 13.2 Å². The summed E-state index contributed by atoms with van der Waals surface area (Å²) in [5.74, 6) is -8.05. The number of esters is 1. The maximum atomic E-state index is 14.6. The van der Waals surface area contributed by atoms with Gasteiger partial charge in [-0.15, -0.1) is 0 Å². The number of piperazine rings is 1. The lowest BCUT2D eigenvalue weighted by Gasteiger charge is -2.42. The van der Waals surface area contributed by atoms with Crippen molar-refractivity contribution >= 4 is 53.0 Å². The van der Waals surface area contributed by atoms with Gasteiger partial charge in [0.1, 0.15) is 60.3 Å². The van der Waals surface area contributed by atoms with Crippen molar-refractivity contribution in [2.24, 2.45) is 5.92 Å². The molecule has 3 N–H and O–H groups in total. The van der Waals surface area contributed by atoms with E-state index in [9.17, 15) is 46.7 Å².